The second-order valence-corrected chi connectivity index (χ2v) is 6.51. The Morgan fingerprint density at radius 1 is 1.27 bits per heavy atom. The molecule has 0 fully saturated rings. The van der Waals surface area contributed by atoms with E-state index >= 15 is 0 Å². The van der Waals surface area contributed by atoms with Gasteiger partial charge in [0, 0.05) is 42.7 Å². The monoisotopic (exact) mass is 352 g/mol. The van der Waals surface area contributed by atoms with Crippen LogP contribution in [0.3, 0.4) is 0 Å². The molecule has 1 aromatic carbocycles. The van der Waals surface area contributed by atoms with E-state index in [1.54, 1.807) is 11.0 Å². The van der Waals surface area contributed by atoms with Crippen LogP contribution >= 0.6 is 0 Å². The minimum Gasteiger partial charge on any atom is -0.463 e. The van der Waals surface area contributed by atoms with Gasteiger partial charge in [0.1, 0.15) is 0 Å². The summed E-state index contributed by atoms with van der Waals surface area (Å²) in [5, 5.41) is 1.19. The van der Waals surface area contributed by atoms with Crippen LogP contribution in [0.25, 0.3) is 10.9 Å². The van der Waals surface area contributed by atoms with Crippen molar-refractivity contribution in [2.24, 2.45) is 7.05 Å². The normalized spacial score (nSPS) is 13.9. The Morgan fingerprint density at radius 3 is 2.88 bits per heavy atom. The van der Waals surface area contributed by atoms with Crippen molar-refractivity contribution in [3.63, 3.8) is 0 Å². The number of esters is 1. The highest BCUT2D eigenvalue weighted by molar-refractivity contribution is 5.96. The number of amides is 1. The summed E-state index contributed by atoms with van der Waals surface area (Å²) in [7, 11) is 3.33. The number of fused-ring (bicyclic) bond motifs is 2. The van der Waals surface area contributed by atoms with Crippen molar-refractivity contribution in [2.45, 2.75) is 19.3 Å². The van der Waals surface area contributed by atoms with Crippen LogP contribution in [0.4, 0.5) is 5.88 Å². The lowest BCUT2D eigenvalue weighted by molar-refractivity contribution is -0.119. The van der Waals surface area contributed by atoms with Gasteiger partial charge >= 0.3 is 5.97 Å². The Morgan fingerprint density at radius 2 is 2.08 bits per heavy atom. The van der Waals surface area contributed by atoms with E-state index in [0.717, 1.165) is 5.56 Å². The maximum atomic E-state index is 12.4. The maximum absolute atomic E-state index is 12.4. The Labute approximate surface area is 150 Å². The summed E-state index contributed by atoms with van der Waals surface area (Å²) in [5.74, 6) is 0.105. The molecule has 0 aliphatic carbocycles. The summed E-state index contributed by atoms with van der Waals surface area (Å²) in [5.41, 5.74) is 3.23. The van der Waals surface area contributed by atoms with E-state index in [0.29, 0.717) is 31.7 Å². The summed E-state index contributed by atoms with van der Waals surface area (Å²) < 4.78 is 12.5. The summed E-state index contributed by atoms with van der Waals surface area (Å²) in [6, 6.07) is 9.89. The van der Waals surface area contributed by atoms with Crippen LogP contribution in [0, 0.1) is 0 Å². The highest BCUT2D eigenvalue weighted by atomic mass is 16.5. The van der Waals surface area contributed by atoms with Crippen LogP contribution in [0.2, 0.25) is 0 Å². The molecule has 1 amide bonds. The first-order chi connectivity index (χ1) is 12.6. The number of nitrogens with zero attached hydrogens (tertiary/aromatic N) is 2. The first kappa shape index (κ1) is 16.4. The van der Waals surface area contributed by atoms with Crippen LogP contribution in [0.1, 0.15) is 28.1 Å². The molecule has 4 rings (SSSR count). The average Bonchev–Trinajstić information content (AvgIpc) is 3.22. The van der Waals surface area contributed by atoms with Gasteiger partial charge in [0.2, 0.25) is 17.6 Å². The number of hydrogen-bond acceptors (Lipinski definition) is 4. The molecule has 3 aromatic rings. The maximum Gasteiger partial charge on any atom is 0.374 e. The Kier molecular flexibility index (Phi) is 4.03. The topological polar surface area (TPSA) is 64.7 Å². The zero-order chi connectivity index (χ0) is 18.3. The SMILES string of the molecule is COC(=O)c1cc2c(o1)N(CCc1cn(C)c3ccccc13)C(=O)CC2. The number of carbonyl (C=O) groups is 2. The van der Waals surface area contributed by atoms with E-state index in [-0.39, 0.29) is 11.7 Å². The van der Waals surface area contributed by atoms with Crippen molar-refractivity contribution in [1.82, 2.24) is 4.57 Å². The molecule has 1 aliphatic heterocycles. The van der Waals surface area contributed by atoms with E-state index in [4.69, 9.17) is 9.15 Å². The number of aromatic nitrogens is 1. The number of benzene rings is 1. The van der Waals surface area contributed by atoms with Gasteiger partial charge in [-0.1, -0.05) is 18.2 Å². The fraction of sp³-hybridized carbons (Fsp3) is 0.300. The molecule has 0 saturated carbocycles. The first-order valence-electron chi connectivity index (χ1n) is 8.63. The van der Waals surface area contributed by atoms with Crippen molar-refractivity contribution in [3.05, 3.63) is 53.4 Å². The summed E-state index contributed by atoms with van der Waals surface area (Å²) in [4.78, 5) is 25.8. The van der Waals surface area contributed by atoms with Gasteiger partial charge in [-0.25, -0.2) is 4.79 Å². The molecular weight excluding hydrogens is 332 g/mol. The number of carbonyl (C=O) groups excluding carboxylic acids is 2. The molecular formula is C20H20N2O4. The zero-order valence-corrected chi connectivity index (χ0v) is 14.8. The molecule has 0 spiro atoms. The van der Waals surface area contributed by atoms with Gasteiger partial charge in [-0.3, -0.25) is 9.69 Å². The van der Waals surface area contributed by atoms with Gasteiger partial charge < -0.3 is 13.7 Å². The summed E-state index contributed by atoms with van der Waals surface area (Å²) in [6.07, 6.45) is 3.81. The van der Waals surface area contributed by atoms with Gasteiger partial charge in [-0.2, -0.15) is 0 Å². The van der Waals surface area contributed by atoms with Crippen molar-refractivity contribution in [3.8, 4) is 0 Å². The molecule has 0 saturated heterocycles. The predicted octanol–water partition coefficient (Wildman–Crippen LogP) is 3.08. The zero-order valence-electron chi connectivity index (χ0n) is 14.8. The smallest absolute Gasteiger partial charge is 0.374 e. The Hall–Kier alpha value is -3.02. The van der Waals surface area contributed by atoms with Crippen molar-refractivity contribution < 1.29 is 18.7 Å². The molecule has 1 aliphatic rings. The number of methoxy groups -OCH3 is 1. The molecule has 2 aromatic heterocycles. The predicted molar refractivity (Wildman–Crippen MR) is 97.3 cm³/mol. The number of rotatable bonds is 4. The number of para-hydroxylation sites is 1. The molecule has 0 bridgehead atoms. The van der Waals surface area contributed by atoms with Gasteiger partial charge in [0.05, 0.1) is 7.11 Å². The van der Waals surface area contributed by atoms with Crippen molar-refractivity contribution in [1.29, 1.82) is 0 Å². The molecule has 3 heterocycles. The standard InChI is InChI=1S/C20H20N2O4/c1-21-12-14(15-5-3-4-6-16(15)21)9-10-22-18(23)8-7-13-11-17(20(24)25-2)26-19(13)22/h3-6,11-12H,7-10H2,1-2H3. The molecule has 0 N–H and O–H groups in total. The highest BCUT2D eigenvalue weighted by Gasteiger charge is 2.30. The fourth-order valence-electron chi connectivity index (χ4n) is 3.60. The van der Waals surface area contributed by atoms with Crippen LogP contribution in [-0.4, -0.2) is 30.1 Å². The van der Waals surface area contributed by atoms with Gasteiger partial charge in [0.25, 0.3) is 0 Å². The van der Waals surface area contributed by atoms with Crippen molar-refractivity contribution in [2.75, 3.05) is 18.6 Å². The minimum absolute atomic E-state index is 0.0171. The van der Waals surface area contributed by atoms with Crippen LogP contribution in [0.5, 0.6) is 0 Å². The van der Waals surface area contributed by atoms with Gasteiger partial charge in [-0.05, 0) is 30.5 Å². The van der Waals surface area contributed by atoms with E-state index in [9.17, 15) is 9.59 Å². The number of hydrogen-bond donors (Lipinski definition) is 0. The van der Waals surface area contributed by atoms with E-state index in [1.165, 1.54) is 23.6 Å². The second kappa shape index (κ2) is 6.37. The van der Waals surface area contributed by atoms with Gasteiger partial charge in [-0.15, -0.1) is 0 Å². The van der Waals surface area contributed by atoms with E-state index in [2.05, 4.69) is 22.9 Å². The lowest BCUT2D eigenvalue weighted by atomic mass is 10.1. The lowest BCUT2D eigenvalue weighted by Crippen LogP contribution is -2.36. The summed E-state index contributed by atoms with van der Waals surface area (Å²) in [6.45, 7) is 0.508. The number of anilines is 1. The minimum atomic E-state index is -0.527. The molecule has 26 heavy (non-hydrogen) atoms. The number of furan rings is 1. The number of ether oxygens (including phenoxy) is 1. The largest absolute Gasteiger partial charge is 0.463 e. The quantitative estimate of drug-likeness (QED) is 0.677. The molecule has 0 unspecified atom stereocenters. The van der Waals surface area contributed by atoms with Crippen LogP contribution in [-0.2, 0) is 29.4 Å². The molecule has 134 valence electrons. The Balaban J connectivity index is 1.61. The van der Waals surface area contributed by atoms with Crippen molar-refractivity contribution >= 4 is 28.7 Å². The second-order valence-electron chi connectivity index (χ2n) is 6.51. The number of aryl methyl sites for hydroxylation is 2. The fourth-order valence-corrected chi connectivity index (χ4v) is 3.60. The first-order valence-corrected chi connectivity index (χ1v) is 8.63. The Bertz CT molecular complexity index is 999. The lowest BCUT2D eigenvalue weighted by Gasteiger charge is -2.25. The summed E-state index contributed by atoms with van der Waals surface area (Å²) >= 11 is 0. The average molecular weight is 352 g/mol. The van der Waals surface area contributed by atoms with E-state index < -0.39 is 5.97 Å². The molecule has 0 atom stereocenters. The third kappa shape index (κ3) is 2.67. The third-order valence-electron chi connectivity index (χ3n) is 4.91. The molecule has 0 radical (unpaired) electrons. The van der Waals surface area contributed by atoms with E-state index in [1.807, 2.05) is 19.2 Å². The van der Waals surface area contributed by atoms with Crippen LogP contribution < -0.4 is 4.90 Å². The molecule has 6 nitrogen and oxygen atoms in total. The third-order valence-corrected chi connectivity index (χ3v) is 4.91. The van der Waals surface area contributed by atoms with Gasteiger partial charge in [0.15, 0.2) is 0 Å². The highest BCUT2D eigenvalue weighted by Crippen LogP contribution is 2.32. The van der Waals surface area contributed by atoms with Crippen LogP contribution in [0.15, 0.2) is 40.9 Å². The molecule has 6 heteroatoms.